The molecule has 41 heavy (non-hydrogen) atoms. The highest BCUT2D eigenvalue weighted by Crippen LogP contribution is 2.23. The average Bonchev–Trinajstić information content (AvgIpc) is 3.38. The molecular formula is C34H29NO6. The van der Waals surface area contributed by atoms with E-state index in [9.17, 15) is 9.59 Å². The summed E-state index contributed by atoms with van der Waals surface area (Å²) in [4.78, 5) is 30.7. The Kier molecular flexibility index (Phi) is 8.86. The lowest BCUT2D eigenvalue weighted by molar-refractivity contribution is -0.151. The molecular weight excluding hydrogens is 518 g/mol. The number of esters is 2. The molecule has 0 atom stereocenters. The van der Waals surface area contributed by atoms with Gasteiger partial charge in [0.05, 0.1) is 12.3 Å². The van der Waals surface area contributed by atoms with Crippen LogP contribution in [-0.4, -0.2) is 23.5 Å². The van der Waals surface area contributed by atoms with Crippen LogP contribution in [-0.2, 0) is 22.4 Å². The summed E-state index contributed by atoms with van der Waals surface area (Å²) in [6.45, 7) is 2.31. The highest BCUT2D eigenvalue weighted by Gasteiger charge is 2.31. The van der Waals surface area contributed by atoms with Crippen LogP contribution in [0.15, 0.2) is 120 Å². The molecule has 0 fully saturated rings. The lowest BCUT2D eigenvalue weighted by Gasteiger charge is -2.16. The molecule has 0 radical (unpaired) electrons. The second kappa shape index (κ2) is 13.3. The van der Waals surface area contributed by atoms with E-state index in [1.165, 1.54) is 0 Å². The molecule has 1 heterocycles. The first kappa shape index (κ1) is 27.4. The molecule has 1 aromatic heterocycles. The Morgan fingerprint density at radius 1 is 0.707 bits per heavy atom. The first-order valence-electron chi connectivity index (χ1n) is 13.3. The number of carbonyl (C=O) groups is 2. The largest absolute Gasteiger partial charge is 0.493 e. The van der Waals surface area contributed by atoms with E-state index in [1.54, 1.807) is 48.5 Å². The zero-order valence-electron chi connectivity index (χ0n) is 22.6. The molecule has 0 unspecified atom stereocenters. The summed E-state index contributed by atoms with van der Waals surface area (Å²) in [6, 6.07) is 34.3. The maximum Gasteiger partial charge on any atom is 0.326 e. The molecule has 0 bridgehead atoms. The van der Waals surface area contributed by atoms with Crippen molar-refractivity contribution in [2.45, 2.75) is 19.8 Å². The van der Waals surface area contributed by atoms with E-state index in [0.717, 1.165) is 22.6 Å². The zero-order chi connectivity index (χ0) is 28.4. The van der Waals surface area contributed by atoms with Crippen molar-refractivity contribution in [3.8, 4) is 28.7 Å². The van der Waals surface area contributed by atoms with Crippen molar-refractivity contribution in [2.75, 3.05) is 6.61 Å². The zero-order valence-corrected chi connectivity index (χ0v) is 22.6. The van der Waals surface area contributed by atoms with Crippen LogP contribution in [0.1, 0.15) is 17.0 Å². The standard InChI is InChI=1S/C34H29NO6/c1-24-31(35-32(39-24)26-11-5-2-6-12-26)21-22-38-27-19-17-25(18-20-27)23-30(33(36)40-28-13-7-3-8-14-28)34(37)41-29-15-9-4-10-16-29/h2-20,30H,21-23H2,1H3. The first-order chi connectivity index (χ1) is 20.0. The number of aromatic nitrogens is 1. The van der Waals surface area contributed by atoms with Crippen molar-refractivity contribution in [3.63, 3.8) is 0 Å². The van der Waals surface area contributed by atoms with E-state index in [4.69, 9.17) is 18.6 Å². The van der Waals surface area contributed by atoms with Gasteiger partial charge in [0, 0.05) is 12.0 Å². The third-order valence-electron chi connectivity index (χ3n) is 6.38. The van der Waals surface area contributed by atoms with Crippen molar-refractivity contribution < 1.29 is 28.2 Å². The van der Waals surface area contributed by atoms with Gasteiger partial charge in [0.2, 0.25) is 5.89 Å². The van der Waals surface area contributed by atoms with Crippen LogP contribution in [0, 0.1) is 12.8 Å². The lowest BCUT2D eigenvalue weighted by atomic mass is 9.99. The number of carbonyl (C=O) groups excluding carboxylic acids is 2. The molecule has 7 nitrogen and oxygen atoms in total. The number of benzene rings is 4. The molecule has 206 valence electrons. The molecule has 0 N–H and O–H groups in total. The van der Waals surface area contributed by atoms with Crippen LogP contribution in [0.25, 0.3) is 11.5 Å². The molecule has 0 aliphatic heterocycles. The number of para-hydroxylation sites is 2. The predicted molar refractivity (Wildman–Crippen MR) is 154 cm³/mol. The van der Waals surface area contributed by atoms with Gasteiger partial charge < -0.3 is 18.6 Å². The molecule has 5 aromatic rings. The summed E-state index contributed by atoms with van der Waals surface area (Å²) < 4.78 is 22.7. The van der Waals surface area contributed by atoms with Crippen LogP contribution < -0.4 is 14.2 Å². The number of hydrogen-bond acceptors (Lipinski definition) is 7. The van der Waals surface area contributed by atoms with Gasteiger partial charge in [-0.2, -0.15) is 0 Å². The van der Waals surface area contributed by atoms with Crippen molar-refractivity contribution in [1.29, 1.82) is 0 Å². The summed E-state index contributed by atoms with van der Waals surface area (Å²) in [5.41, 5.74) is 2.53. The number of nitrogens with zero attached hydrogens (tertiary/aromatic N) is 1. The quantitative estimate of drug-likeness (QED) is 0.104. The van der Waals surface area contributed by atoms with Crippen molar-refractivity contribution in [1.82, 2.24) is 4.98 Å². The Morgan fingerprint density at radius 2 is 1.24 bits per heavy atom. The van der Waals surface area contributed by atoms with Crippen LogP contribution in [0.2, 0.25) is 0 Å². The van der Waals surface area contributed by atoms with Gasteiger partial charge in [-0.3, -0.25) is 9.59 Å². The third-order valence-corrected chi connectivity index (χ3v) is 6.38. The fraction of sp³-hybridized carbons (Fsp3) is 0.147. The molecule has 5 rings (SSSR count). The summed E-state index contributed by atoms with van der Waals surface area (Å²) in [6.07, 6.45) is 0.695. The van der Waals surface area contributed by atoms with Crippen molar-refractivity contribution >= 4 is 11.9 Å². The Labute approximate surface area is 238 Å². The normalized spacial score (nSPS) is 10.8. The van der Waals surface area contributed by atoms with Gasteiger partial charge in [-0.25, -0.2) is 4.98 Å². The van der Waals surface area contributed by atoms with Gasteiger partial charge in [0.15, 0.2) is 5.92 Å². The summed E-state index contributed by atoms with van der Waals surface area (Å²) >= 11 is 0. The Morgan fingerprint density at radius 3 is 1.80 bits per heavy atom. The Hall–Kier alpha value is -5.17. The molecule has 0 saturated carbocycles. The third kappa shape index (κ3) is 7.48. The van der Waals surface area contributed by atoms with Gasteiger partial charge in [-0.05, 0) is 67.4 Å². The Balaban J connectivity index is 1.21. The molecule has 7 heteroatoms. The number of ether oxygens (including phenoxy) is 3. The van der Waals surface area contributed by atoms with E-state index >= 15 is 0 Å². The molecule has 0 aliphatic carbocycles. The average molecular weight is 548 g/mol. The fourth-order valence-electron chi connectivity index (χ4n) is 4.20. The molecule has 0 saturated heterocycles. The van der Waals surface area contributed by atoms with Crippen LogP contribution in [0.3, 0.4) is 0 Å². The van der Waals surface area contributed by atoms with Crippen LogP contribution in [0.4, 0.5) is 0 Å². The minimum absolute atomic E-state index is 0.109. The number of aryl methyl sites for hydroxylation is 1. The minimum atomic E-state index is -1.16. The lowest BCUT2D eigenvalue weighted by Crippen LogP contribution is -2.33. The van der Waals surface area contributed by atoms with Crippen molar-refractivity contribution in [2.24, 2.45) is 5.92 Å². The van der Waals surface area contributed by atoms with Gasteiger partial charge in [-0.15, -0.1) is 0 Å². The van der Waals surface area contributed by atoms with Gasteiger partial charge >= 0.3 is 11.9 Å². The second-order valence-corrected chi connectivity index (χ2v) is 9.36. The fourth-order valence-corrected chi connectivity index (χ4v) is 4.20. The van der Waals surface area contributed by atoms with Crippen molar-refractivity contribution in [3.05, 3.63) is 132 Å². The van der Waals surface area contributed by atoms with E-state index in [0.29, 0.717) is 36.2 Å². The Bertz CT molecular complexity index is 1510. The van der Waals surface area contributed by atoms with Crippen LogP contribution >= 0.6 is 0 Å². The molecule has 4 aromatic carbocycles. The highest BCUT2D eigenvalue weighted by atomic mass is 16.6. The first-order valence-corrected chi connectivity index (χ1v) is 13.3. The maximum absolute atomic E-state index is 13.1. The number of hydrogen-bond donors (Lipinski definition) is 0. The van der Waals surface area contributed by atoms with Gasteiger partial charge in [0.1, 0.15) is 23.0 Å². The maximum atomic E-state index is 13.1. The van der Waals surface area contributed by atoms with E-state index in [1.807, 2.05) is 73.7 Å². The summed E-state index contributed by atoms with van der Waals surface area (Å²) in [5.74, 6) is 0.205. The monoisotopic (exact) mass is 547 g/mol. The minimum Gasteiger partial charge on any atom is -0.493 e. The van der Waals surface area contributed by atoms with E-state index < -0.39 is 17.9 Å². The summed E-state index contributed by atoms with van der Waals surface area (Å²) in [7, 11) is 0. The predicted octanol–water partition coefficient (Wildman–Crippen LogP) is 6.64. The van der Waals surface area contributed by atoms with E-state index in [-0.39, 0.29) is 6.42 Å². The number of oxazole rings is 1. The SMILES string of the molecule is Cc1oc(-c2ccccc2)nc1CCOc1ccc(CC(C(=O)Oc2ccccc2)C(=O)Oc2ccccc2)cc1. The smallest absolute Gasteiger partial charge is 0.326 e. The molecule has 0 aliphatic rings. The second-order valence-electron chi connectivity index (χ2n) is 9.36. The highest BCUT2D eigenvalue weighted by molar-refractivity contribution is 5.97. The number of rotatable bonds is 11. The van der Waals surface area contributed by atoms with Crippen LogP contribution in [0.5, 0.6) is 17.2 Å². The molecule has 0 spiro atoms. The summed E-state index contributed by atoms with van der Waals surface area (Å²) in [5, 5.41) is 0. The van der Waals surface area contributed by atoms with Gasteiger partial charge in [0.25, 0.3) is 0 Å². The van der Waals surface area contributed by atoms with E-state index in [2.05, 4.69) is 4.98 Å². The molecule has 0 amide bonds. The topological polar surface area (TPSA) is 87.9 Å². The van der Waals surface area contributed by atoms with Gasteiger partial charge in [-0.1, -0.05) is 66.7 Å².